The van der Waals surface area contributed by atoms with Gasteiger partial charge in [0.2, 0.25) is 11.8 Å². The molecule has 4 amide bonds. The van der Waals surface area contributed by atoms with Crippen molar-refractivity contribution in [1.29, 1.82) is 0 Å². The fourth-order valence-electron chi connectivity index (χ4n) is 7.97. The number of alkyl carbamates (subject to hydrolysis) is 2. The number of carbonyl (C=O) groups excluding carboxylic acids is 4. The predicted octanol–water partition coefficient (Wildman–Crippen LogP) is 4.95. The van der Waals surface area contributed by atoms with E-state index in [0.717, 1.165) is 70.0 Å². The normalized spacial score (nSPS) is 17.9. The van der Waals surface area contributed by atoms with Crippen molar-refractivity contribution in [2.75, 3.05) is 54.7 Å². The molecule has 2 aliphatic heterocycles. The topological polar surface area (TPSA) is 209 Å². The third kappa shape index (κ3) is 8.30. The van der Waals surface area contributed by atoms with E-state index in [9.17, 15) is 19.2 Å². The number of rotatable bonds is 14. The summed E-state index contributed by atoms with van der Waals surface area (Å²) in [7, 11) is 5.64. The maximum absolute atomic E-state index is 13.6. The van der Waals surface area contributed by atoms with Gasteiger partial charge in [-0.15, -0.1) is 0 Å². The molecule has 4 atom stereocenters. The van der Waals surface area contributed by atoms with Crippen LogP contribution in [-0.4, -0.2) is 126 Å². The van der Waals surface area contributed by atoms with Crippen LogP contribution in [0.5, 0.6) is 0 Å². The third-order valence-corrected chi connectivity index (χ3v) is 10.9. The number of fused-ring (bicyclic) bond motifs is 3. The van der Waals surface area contributed by atoms with Gasteiger partial charge in [0.1, 0.15) is 23.7 Å². The van der Waals surface area contributed by atoms with Gasteiger partial charge < -0.3 is 54.3 Å². The molecule has 0 spiro atoms. The van der Waals surface area contributed by atoms with Gasteiger partial charge in [-0.1, -0.05) is 24.3 Å². The fourth-order valence-corrected chi connectivity index (χ4v) is 7.97. The summed E-state index contributed by atoms with van der Waals surface area (Å²) in [6.45, 7) is 1.73. The summed E-state index contributed by atoms with van der Waals surface area (Å²) in [4.78, 5) is 74.7. The van der Waals surface area contributed by atoms with E-state index in [2.05, 4.69) is 62.0 Å². The molecule has 0 unspecified atom stereocenters. The number of methoxy groups -OCH3 is 4. The quantitative estimate of drug-likeness (QED) is 0.102. The molecule has 0 saturated carbocycles. The molecule has 2 fully saturated rings. The van der Waals surface area contributed by atoms with Crippen molar-refractivity contribution < 1.29 is 38.1 Å². The van der Waals surface area contributed by atoms with Crippen LogP contribution in [0.25, 0.3) is 44.3 Å². The van der Waals surface area contributed by atoms with E-state index in [0.29, 0.717) is 50.8 Å². The smallest absolute Gasteiger partial charge is 0.407 e. The van der Waals surface area contributed by atoms with E-state index in [1.165, 1.54) is 14.2 Å². The van der Waals surface area contributed by atoms with E-state index in [1.54, 1.807) is 36.4 Å². The first-order chi connectivity index (χ1) is 27.7. The zero-order chi connectivity index (χ0) is 40.1. The first kappa shape index (κ1) is 39.3. The summed E-state index contributed by atoms with van der Waals surface area (Å²) >= 11 is 0. The van der Waals surface area contributed by atoms with E-state index in [-0.39, 0.29) is 23.9 Å². The summed E-state index contributed by atoms with van der Waals surface area (Å²) < 4.78 is 19.9. The van der Waals surface area contributed by atoms with Crippen LogP contribution in [0.1, 0.15) is 62.3 Å². The zero-order valence-corrected chi connectivity index (χ0v) is 32.6. The Morgan fingerprint density at radius 2 is 1.12 bits per heavy atom. The Bertz CT molecular complexity index is 2080. The first-order valence-electron chi connectivity index (χ1n) is 19.2. The number of H-pyrrole nitrogens is 3. The molecule has 302 valence electrons. The number of likely N-dealkylation sites (tertiary alicyclic amines) is 2. The number of ether oxygens (including phenoxy) is 4. The van der Waals surface area contributed by atoms with E-state index in [1.807, 2.05) is 0 Å². The Balaban J connectivity index is 1.07. The second-order valence-corrected chi connectivity index (χ2v) is 14.3. The summed E-state index contributed by atoms with van der Waals surface area (Å²) in [6, 6.07) is 10.4. The van der Waals surface area contributed by atoms with Crippen molar-refractivity contribution in [2.24, 2.45) is 0 Å². The van der Waals surface area contributed by atoms with Crippen LogP contribution in [-0.2, 0) is 28.5 Å². The lowest BCUT2D eigenvalue weighted by Gasteiger charge is -2.28. The average Bonchev–Trinajstić information content (AvgIpc) is 4.08. The van der Waals surface area contributed by atoms with Gasteiger partial charge in [-0.3, -0.25) is 9.59 Å². The number of aromatic amines is 3. The molecule has 0 radical (unpaired) electrons. The lowest BCUT2D eigenvalue weighted by Crippen LogP contribution is -2.49. The number of hydrogen-bond acceptors (Lipinski definition) is 10. The molecule has 2 aliphatic rings. The lowest BCUT2D eigenvalue weighted by atomic mass is 10.1. The zero-order valence-electron chi connectivity index (χ0n) is 32.6. The first-order valence-corrected chi connectivity index (χ1v) is 19.2. The van der Waals surface area contributed by atoms with Gasteiger partial charge in [-0.2, -0.15) is 0 Å². The number of carbonyl (C=O) groups is 4. The Morgan fingerprint density at radius 1 is 0.684 bits per heavy atom. The number of amides is 4. The molecule has 5 heterocycles. The highest BCUT2D eigenvalue weighted by Gasteiger charge is 2.37. The van der Waals surface area contributed by atoms with Crippen LogP contribution in [0.2, 0.25) is 0 Å². The predicted molar refractivity (Wildman–Crippen MR) is 210 cm³/mol. The van der Waals surface area contributed by atoms with Crippen LogP contribution in [0, 0.1) is 0 Å². The Kier molecular flexibility index (Phi) is 12.0. The maximum atomic E-state index is 13.6. The van der Waals surface area contributed by atoms with Gasteiger partial charge >= 0.3 is 12.2 Å². The number of nitrogens with one attached hydrogen (secondary N) is 5. The Hall–Kier alpha value is -5.94. The van der Waals surface area contributed by atoms with Crippen LogP contribution in [0.3, 0.4) is 0 Å². The van der Waals surface area contributed by atoms with Gasteiger partial charge in [0.15, 0.2) is 0 Å². The highest BCUT2D eigenvalue weighted by atomic mass is 16.5. The molecule has 3 aromatic heterocycles. The third-order valence-electron chi connectivity index (χ3n) is 10.9. The van der Waals surface area contributed by atoms with E-state index < -0.39 is 24.3 Å². The monoisotopic (exact) mass is 783 g/mol. The molecular formula is C40H49N9O8. The van der Waals surface area contributed by atoms with Gasteiger partial charge in [-0.05, 0) is 37.8 Å². The number of aromatic nitrogens is 5. The van der Waals surface area contributed by atoms with Crippen LogP contribution >= 0.6 is 0 Å². The Morgan fingerprint density at radius 3 is 1.53 bits per heavy atom. The van der Waals surface area contributed by atoms with Crippen LogP contribution in [0.4, 0.5) is 9.59 Å². The van der Waals surface area contributed by atoms with Crippen LogP contribution < -0.4 is 10.6 Å². The highest BCUT2D eigenvalue weighted by molar-refractivity contribution is 6.09. The molecule has 0 bridgehead atoms. The van der Waals surface area contributed by atoms with E-state index >= 15 is 0 Å². The highest BCUT2D eigenvalue weighted by Crippen LogP contribution is 2.36. The average molecular weight is 784 g/mol. The number of nitrogens with zero attached hydrogens (tertiary/aromatic N) is 4. The molecule has 57 heavy (non-hydrogen) atoms. The van der Waals surface area contributed by atoms with Crippen LogP contribution in [0.15, 0.2) is 48.8 Å². The van der Waals surface area contributed by atoms with Gasteiger partial charge in [0.25, 0.3) is 0 Å². The molecule has 5 N–H and O–H groups in total. The molecule has 17 nitrogen and oxygen atoms in total. The summed E-state index contributed by atoms with van der Waals surface area (Å²) in [5.74, 6) is 0.980. The molecular weight excluding hydrogens is 734 g/mol. The van der Waals surface area contributed by atoms with Crippen molar-refractivity contribution in [3.05, 3.63) is 60.4 Å². The minimum absolute atomic E-state index is 0.199. The number of hydrogen-bond donors (Lipinski definition) is 5. The molecule has 2 saturated heterocycles. The van der Waals surface area contributed by atoms with Crippen molar-refractivity contribution in [1.82, 2.24) is 45.4 Å². The van der Waals surface area contributed by atoms with Crippen molar-refractivity contribution in [3.63, 3.8) is 0 Å². The Labute approximate surface area is 329 Å². The van der Waals surface area contributed by atoms with Gasteiger partial charge in [-0.25, -0.2) is 19.6 Å². The summed E-state index contributed by atoms with van der Waals surface area (Å²) in [5, 5.41) is 7.45. The van der Waals surface area contributed by atoms with Crippen molar-refractivity contribution >= 4 is 45.8 Å². The second-order valence-electron chi connectivity index (χ2n) is 14.3. The van der Waals surface area contributed by atoms with Crippen molar-refractivity contribution in [3.8, 4) is 22.5 Å². The fraction of sp³-hybridized carbons (Fsp3) is 0.450. The molecule has 17 heteroatoms. The molecule has 7 rings (SSSR count). The van der Waals surface area contributed by atoms with E-state index in [4.69, 9.17) is 28.9 Å². The standard InChI is InChI=1S/C40H49N9O8/c1-54-17-13-27(46-39(52)56-3)37(50)48-15-5-7-33(48)35-41-21-31(44-35)23-9-11-25-26-12-10-24(20-30(26)43-29(25)19-23)32-22-42-36(45-32)34-8-6-16-49(34)38(51)28(14-18-55-2)47-40(53)57-4/h9-12,19-22,27-28,33-34,43H,5-8,13-18H2,1-4H3,(H,41,44)(H,42,45)(H,46,52)(H,47,53)/t27-,28-,33-,34-/m0/s1. The summed E-state index contributed by atoms with van der Waals surface area (Å²) in [6.07, 6.45) is 6.01. The second kappa shape index (κ2) is 17.5. The minimum Gasteiger partial charge on any atom is -0.453 e. The lowest BCUT2D eigenvalue weighted by molar-refractivity contribution is -0.135. The maximum Gasteiger partial charge on any atom is 0.407 e. The number of benzene rings is 2. The number of imidazole rings is 2. The van der Waals surface area contributed by atoms with Crippen molar-refractivity contribution in [2.45, 2.75) is 62.7 Å². The molecule has 5 aromatic rings. The van der Waals surface area contributed by atoms with Gasteiger partial charge in [0, 0.05) is 86.3 Å². The van der Waals surface area contributed by atoms with Gasteiger partial charge in [0.05, 0.1) is 50.1 Å². The SMILES string of the molecule is COCC[C@H](NC(=O)OC)C(=O)N1CCC[C@H]1c1ncc(-c2ccc3c(c2)[nH]c2cc(-c4cnc([C@@H]5CCCN5C(=O)[C@H](CCOC)NC(=O)OC)[nH]4)ccc23)[nH]1. The molecule has 2 aromatic carbocycles. The molecule has 0 aliphatic carbocycles. The largest absolute Gasteiger partial charge is 0.453 e. The summed E-state index contributed by atoms with van der Waals surface area (Å²) in [5.41, 5.74) is 5.44. The minimum atomic E-state index is -0.774.